The van der Waals surface area contributed by atoms with Crippen LogP contribution in [0.2, 0.25) is 0 Å². The molecule has 3 aromatic heterocycles. The highest BCUT2D eigenvalue weighted by Gasteiger charge is 2.15. The minimum Gasteiger partial charge on any atom is -0.471 e. The summed E-state index contributed by atoms with van der Waals surface area (Å²) in [6.07, 6.45) is 6.71. The molecule has 0 saturated carbocycles. The lowest BCUT2D eigenvalue weighted by atomic mass is 10.2. The van der Waals surface area contributed by atoms with Crippen molar-refractivity contribution >= 4 is 30.4 Å². The smallest absolute Gasteiger partial charge is 0.306 e. The number of aromatic nitrogens is 2. The summed E-state index contributed by atoms with van der Waals surface area (Å²) < 4.78 is 20.1. The maximum atomic E-state index is 12.3. The highest BCUT2D eigenvalue weighted by Crippen LogP contribution is 2.27. The molecule has 0 aliphatic rings. The Kier molecular flexibility index (Phi) is 14.6. The van der Waals surface area contributed by atoms with Gasteiger partial charge in [-0.3, -0.25) is 24.2 Å². The van der Waals surface area contributed by atoms with Crippen LogP contribution in [0.1, 0.15) is 55.3 Å². The van der Waals surface area contributed by atoms with Gasteiger partial charge in [-0.1, -0.05) is 6.07 Å². The van der Waals surface area contributed by atoms with E-state index in [9.17, 15) is 14.4 Å². The normalized spacial score (nSPS) is 10.2. The lowest BCUT2D eigenvalue weighted by Gasteiger charge is -2.19. The molecule has 1 aromatic carbocycles. The molecule has 4 rings (SSSR count). The number of furan rings is 1. The third-order valence-corrected chi connectivity index (χ3v) is 5.53. The zero-order valence-corrected chi connectivity index (χ0v) is 26.3. The first-order valence-electron chi connectivity index (χ1n) is 14.1. The summed E-state index contributed by atoms with van der Waals surface area (Å²) in [5.74, 6) is 1.04. The first kappa shape index (κ1) is 35.8. The van der Waals surface area contributed by atoms with Gasteiger partial charge in [0.25, 0.3) is 12.4 Å². The molecule has 3 N–H and O–H groups in total. The highest BCUT2D eigenvalue weighted by molar-refractivity contribution is 6.03. The second-order valence-corrected chi connectivity index (χ2v) is 10.6. The number of nitrogens with zero attached hydrogens (tertiary/aromatic N) is 1. The first-order chi connectivity index (χ1) is 21.4. The number of anilines is 1. The number of hydrogen-bond donors (Lipinski definition) is 3. The van der Waals surface area contributed by atoms with E-state index in [1.165, 1.54) is 13.4 Å². The zero-order chi connectivity index (χ0) is 33.2. The molecule has 2 amide bonds. The highest BCUT2D eigenvalue weighted by atomic mass is 16.6. The van der Waals surface area contributed by atoms with Gasteiger partial charge in [-0.15, -0.1) is 0 Å². The number of amides is 2. The standard InChI is InChI=1S/C22H19N3O3.C9H17NO3.C2H4O2/c1-14-10-19(24-13-14)20-12-18(6-8-23-20)28-17-5-3-4-16(11-17)25-22(26)21-15(2)7-9-27-21;1-9(2,3)13-8(12)5-4-6-10-7-11;1-4-2-3/h3-13,24H,1-2H3,(H,25,26);7H,4-6H2,1-3H3,(H,10,11);2H,1H3. The van der Waals surface area contributed by atoms with Crippen molar-refractivity contribution in [2.75, 3.05) is 19.0 Å². The van der Waals surface area contributed by atoms with E-state index >= 15 is 0 Å². The lowest BCUT2D eigenvalue weighted by Crippen LogP contribution is -2.24. The number of benzene rings is 1. The van der Waals surface area contributed by atoms with Crippen molar-refractivity contribution in [1.82, 2.24) is 15.3 Å². The average molecular weight is 621 g/mol. The van der Waals surface area contributed by atoms with Crippen LogP contribution in [0, 0.1) is 13.8 Å². The summed E-state index contributed by atoms with van der Waals surface area (Å²) >= 11 is 0. The number of carbonyl (C=O) groups excluding carboxylic acids is 4. The molecule has 0 aliphatic heterocycles. The second kappa shape index (κ2) is 18.3. The van der Waals surface area contributed by atoms with Crippen LogP contribution in [0.5, 0.6) is 11.5 Å². The molecule has 12 heteroatoms. The van der Waals surface area contributed by atoms with Gasteiger partial charge in [0, 0.05) is 48.7 Å². The van der Waals surface area contributed by atoms with E-state index in [0.717, 1.165) is 22.5 Å². The van der Waals surface area contributed by atoms with Crippen LogP contribution >= 0.6 is 0 Å². The molecule has 240 valence electrons. The van der Waals surface area contributed by atoms with E-state index in [1.54, 1.807) is 30.5 Å². The van der Waals surface area contributed by atoms with Crippen molar-refractivity contribution in [3.8, 4) is 22.9 Å². The van der Waals surface area contributed by atoms with Crippen molar-refractivity contribution < 1.29 is 37.8 Å². The molecule has 0 unspecified atom stereocenters. The van der Waals surface area contributed by atoms with E-state index in [1.807, 2.05) is 65.1 Å². The summed E-state index contributed by atoms with van der Waals surface area (Å²) in [7, 11) is 1.31. The second-order valence-electron chi connectivity index (χ2n) is 10.6. The summed E-state index contributed by atoms with van der Waals surface area (Å²) in [5, 5.41) is 5.30. The predicted molar refractivity (Wildman–Crippen MR) is 169 cm³/mol. The number of H-pyrrole nitrogens is 1. The van der Waals surface area contributed by atoms with Crippen molar-refractivity contribution in [3.05, 3.63) is 84.1 Å². The minimum absolute atomic E-state index is 0.222. The van der Waals surface area contributed by atoms with E-state index < -0.39 is 5.60 Å². The Morgan fingerprint density at radius 2 is 1.78 bits per heavy atom. The van der Waals surface area contributed by atoms with Crippen molar-refractivity contribution in [1.29, 1.82) is 0 Å². The van der Waals surface area contributed by atoms with Crippen LogP contribution in [0.15, 0.2) is 71.6 Å². The van der Waals surface area contributed by atoms with E-state index in [2.05, 4.69) is 25.3 Å². The number of rotatable bonds is 11. The Balaban J connectivity index is 0.000000348. The van der Waals surface area contributed by atoms with Crippen LogP contribution in [0.3, 0.4) is 0 Å². The zero-order valence-electron chi connectivity index (χ0n) is 26.3. The van der Waals surface area contributed by atoms with Crippen LogP contribution in [0.4, 0.5) is 5.69 Å². The maximum absolute atomic E-state index is 12.3. The van der Waals surface area contributed by atoms with Crippen LogP contribution in [-0.2, 0) is 23.9 Å². The Bertz CT molecular complexity index is 1520. The molecular formula is C33H40N4O8. The number of esters is 1. The van der Waals surface area contributed by atoms with Gasteiger partial charge in [0.15, 0.2) is 5.76 Å². The fraction of sp³-hybridized carbons (Fsp3) is 0.303. The molecule has 0 bridgehead atoms. The van der Waals surface area contributed by atoms with Gasteiger partial charge in [0.2, 0.25) is 6.41 Å². The monoisotopic (exact) mass is 620 g/mol. The third kappa shape index (κ3) is 13.6. The number of aromatic amines is 1. The van der Waals surface area contributed by atoms with E-state index in [0.29, 0.717) is 55.2 Å². The van der Waals surface area contributed by atoms with E-state index in [-0.39, 0.29) is 11.9 Å². The summed E-state index contributed by atoms with van der Waals surface area (Å²) in [5.41, 5.74) is 3.84. The number of ether oxygens (including phenoxy) is 3. The maximum Gasteiger partial charge on any atom is 0.306 e. The summed E-state index contributed by atoms with van der Waals surface area (Å²) in [6.45, 7) is 10.2. The number of methoxy groups -OCH3 is 1. The quantitative estimate of drug-likeness (QED) is 0.104. The summed E-state index contributed by atoms with van der Waals surface area (Å²) in [4.78, 5) is 49.8. The Hall–Kier alpha value is -5.39. The van der Waals surface area contributed by atoms with Gasteiger partial charge in [0.05, 0.1) is 24.8 Å². The van der Waals surface area contributed by atoms with Crippen LogP contribution < -0.4 is 15.4 Å². The molecule has 0 spiro atoms. The number of aryl methyl sites for hydroxylation is 2. The lowest BCUT2D eigenvalue weighted by molar-refractivity contribution is -0.155. The van der Waals surface area contributed by atoms with Gasteiger partial charge in [-0.2, -0.15) is 0 Å². The van der Waals surface area contributed by atoms with Gasteiger partial charge >= 0.3 is 5.97 Å². The van der Waals surface area contributed by atoms with Crippen molar-refractivity contribution in [2.45, 2.75) is 53.1 Å². The van der Waals surface area contributed by atoms with E-state index in [4.69, 9.17) is 18.7 Å². The molecule has 4 aromatic rings. The molecule has 3 heterocycles. The fourth-order valence-corrected chi connectivity index (χ4v) is 3.63. The molecule has 0 atom stereocenters. The fourth-order valence-electron chi connectivity index (χ4n) is 3.63. The number of pyridine rings is 1. The van der Waals surface area contributed by atoms with Crippen molar-refractivity contribution in [2.24, 2.45) is 0 Å². The molecule has 0 aliphatic carbocycles. The van der Waals surface area contributed by atoms with Gasteiger partial charge in [-0.05, 0) is 76.9 Å². The Morgan fingerprint density at radius 1 is 1.04 bits per heavy atom. The number of hydrogen-bond acceptors (Lipinski definition) is 9. The Labute approximate surface area is 262 Å². The third-order valence-electron chi connectivity index (χ3n) is 5.53. The topological polar surface area (TPSA) is 162 Å². The molecule has 0 saturated heterocycles. The number of carbonyl (C=O) groups is 4. The number of nitrogens with one attached hydrogen (secondary N) is 3. The molecule has 12 nitrogen and oxygen atoms in total. The van der Waals surface area contributed by atoms with Crippen molar-refractivity contribution in [3.63, 3.8) is 0 Å². The average Bonchev–Trinajstić information content (AvgIpc) is 3.63. The Morgan fingerprint density at radius 3 is 2.38 bits per heavy atom. The molecular weight excluding hydrogens is 580 g/mol. The molecule has 45 heavy (non-hydrogen) atoms. The van der Waals surface area contributed by atoms with Crippen LogP contribution in [0.25, 0.3) is 11.4 Å². The predicted octanol–water partition coefficient (Wildman–Crippen LogP) is 5.97. The minimum atomic E-state index is -0.421. The first-order valence-corrected chi connectivity index (χ1v) is 14.1. The molecule has 0 radical (unpaired) electrons. The largest absolute Gasteiger partial charge is 0.471 e. The SMILES string of the molecule is CC(C)(C)OC(=O)CCCNC=O.COC=O.Cc1c[nH]c(-c2cc(Oc3cccc(NC(=O)c4occc4C)c3)ccn2)c1. The van der Waals surface area contributed by atoms with Gasteiger partial charge in [0.1, 0.15) is 17.1 Å². The van der Waals surface area contributed by atoms with Gasteiger partial charge in [-0.25, -0.2) is 0 Å². The summed E-state index contributed by atoms with van der Waals surface area (Å²) in [6, 6.07) is 14.6. The molecule has 0 fully saturated rings. The van der Waals surface area contributed by atoms with Crippen LogP contribution in [-0.4, -0.2) is 54.0 Å². The van der Waals surface area contributed by atoms with Gasteiger partial charge < -0.3 is 34.2 Å².